The highest BCUT2D eigenvalue weighted by molar-refractivity contribution is 7.10. The fourth-order valence-electron chi connectivity index (χ4n) is 1.77. The van der Waals surface area contributed by atoms with Gasteiger partial charge in [-0.25, -0.2) is 4.79 Å². The summed E-state index contributed by atoms with van der Waals surface area (Å²) in [6.07, 6.45) is 1.13. The molecule has 1 rings (SSSR count). The van der Waals surface area contributed by atoms with Gasteiger partial charge in [0.15, 0.2) is 0 Å². The summed E-state index contributed by atoms with van der Waals surface area (Å²) in [6.45, 7) is 5.24. The zero-order chi connectivity index (χ0) is 13.8. The normalized spacial score (nSPS) is 15.7. The van der Waals surface area contributed by atoms with Crippen LogP contribution in [-0.4, -0.2) is 22.5 Å². The van der Waals surface area contributed by atoms with Crippen LogP contribution in [0.3, 0.4) is 0 Å². The summed E-state index contributed by atoms with van der Waals surface area (Å²) >= 11 is 1.50. The van der Waals surface area contributed by atoms with E-state index in [4.69, 9.17) is 0 Å². The molecule has 1 amide bonds. The fraction of sp³-hybridized carbons (Fsp3) is 0.538. The van der Waals surface area contributed by atoms with Gasteiger partial charge in [0.2, 0.25) is 5.91 Å². The van der Waals surface area contributed by atoms with Gasteiger partial charge < -0.3 is 10.4 Å². The lowest BCUT2D eigenvalue weighted by Crippen LogP contribution is -2.53. The molecule has 1 aromatic rings. The predicted molar refractivity (Wildman–Crippen MR) is 71.8 cm³/mol. The van der Waals surface area contributed by atoms with Gasteiger partial charge in [-0.1, -0.05) is 19.4 Å². The Hall–Kier alpha value is -1.36. The first-order valence-corrected chi connectivity index (χ1v) is 6.87. The Balaban J connectivity index is 2.76. The second-order valence-electron chi connectivity index (χ2n) is 4.61. The Morgan fingerprint density at radius 1 is 1.56 bits per heavy atom. The third-order valence-corrected chi connectivity index (χ3v) is 4.04. The van der Waals surface area contributed by atoms with Crippen LogP contribution in [0.4, 0.5) is 0 Å². The molecule has 0 saturated heterocycles. The summed E-state index contributed by atoms with van der Waals surface area (Å²) in [7, 11) is 0. The molecule has 18 heavy (non-hydrogen) atoms. The van der Waals surface area contributed by atoms with Gasteiger partial charge in [-0.05, 0) is 31.7 Å². The van der Waals surface area contributed by atoms with E-state index in [-0.39, 0.29) is 11.8 Å². The Bertz CT molecular complexity index is 416. The highest BCUT2D eigenvalue weighted by atomic mass is 32.1. The van der Waals surface area contributed by atoms with Crippen molar-refractivity contribution in [2.45, 2.75) is 45.1 Å². The monoisotopic (exact) mass is 269 g/mol. The zero-order valence-electron chi connectivity index (χ0n) is 10.9. The lowest BCUT2D eigenvalue weighted by molar-refractivity contribution is -0.147. The summed E-state index contributed by atoms with van der Waals surface area (Å²) in [6, 6.07) is 3.76. The highest BCUT2D eigenvalue weighted by Gasteiger charge is 2.35. The zero-order valence-corrected chi connectivity index (χ0v) is 11.7. The largest absolute Gasteiger partial charge is 0.480 e. The molecule has 0 spiro atoms. The lowest BCUT2D eigenvalue weighted by atomic mass is 9.95. The molecule has 0 fully saturated rings. The first-order chi connectivity index (χ1) is 8.40. The molecule has 100 valence electrons. The quantitative estimate of drug-likeness (QED) is 0.834. The van der Waals surface area contributed by atoms with E-state index in [0.29, 0.717) is 12.8 Å². The van der Waals surface area contributed by atoms with E-state index >= 15 is 0 Å². The van der Waals surface area contributed by atoms with E-state index in [9.17, 15) is 14.7 Å². The standard InChI is InChI=1S/C13H19NO3S/c1-4-7-13(3,12(16)17)14-11(15)9(2)10-6-5-8-18-10/h5-6,8-9H,4,7H2,1-3H3,(H,14,15)(H,16,17). The first kappa shape index (κ1) is 14.7. The summed E-state index contributed by atoms with van der Waals surface area (Å²) in [5.74, 6) is -1.55. The molecule has 1 heterocycles. The number of hydrogen-bond acceptors (Lipinski definition) is 3. The van der Waals surface area contributed by atoms with Crippen molar-refractivity contribution in [3.8, 4) is 0 Å². The maximum atomic E-state index is 12.1. The number of aliphatic carboxylic acids is 1. The number of amides is 1. The summed E-state index contributed by atoms with van der Waals surface area (Å²) in [5, 5.41) is 13.8. The lowest BCUT2D eigenvalue weighted by Gasteiger charge is -2.27. The summed E-state index contributed by atoms with van der Waals surface area (Å²) < 4.78 is 0. The van der Waals surface area contributed by atoms with Crippen molar-refractivity contribution in [3.63, 3.8) is 0 Å². The van der Waals surface area contributed by atoms with Crippen molar-refractivity contribution < 1.29 is 14.7 Å². The maximum Gasteiger partial charge on any atom is 0.329 e. The third-order valence-electron chi connectivity index (χ3n) is 2.98. The van der Waals surface area contributed by atoms with E-state index in [0.717, 1.165) is 4.88 Å². The Kier molecular flexibility index (Phi) is 4.90. The van der Waals surface area contributed by atoms with Crippen LogP contribution in [0.1, 0.15) is 44.4 Å². The van der Waals surface area contributed by atoms with Crippen LogP contribution in [0.2, 0.25) is 0 Å². The smallest absolute Gasteiger partial charge is 0.329 e. The molecular formula is C13H19NO3S. The van der Waals surface area contributed by atoms with E-state index < -0.39 is 11.5 Å². The molecule has 0 aliphatic rings. The SMILES string of the molecule is CCCC(C)(NC(=O)C(C)c1cccs1)C(=O)O. The average Bonchev–Trinajstić information content (AvgIpc) is 2.81. The number of carboxylic acid groups (broad SMARTS) is 1. The van der Waals surface area contributed by atoms with Gasteiger partial charge >= 0.3 is 5.97 Å². The molecule has 2 unspecified atom stereocenters. The minimum atomic E-state index is -1.18. The van der Waals surface area contributed by atoms with Crippen molar-refractivity contribution in [2.75, 3.05) is 0 Å². The van der Waals surface area contributed by atoms with Gasteiger partial charge in [0.25, 0.3) is 0 Å². The van der Waals surface area contributed by atoms with E-state index in [1.165, 1.54) is 11.3 Å². The van der Waals surface area contributed by atoms with Crippen molar-refractivity contribution in [2.24, 2.45) is 0 Å². The van der Waals surface area contributed by atoms with Gasteiger partial charge in [0.05, 0.1) is 5.92 Å². The van der Waals surface area contributed by atoms with Crippen molar-refractivity contribution >= 4 is 23.2 Å². The molecule has 1 aromatic heterocycles. The van der Waals surface area contributed by atoms with Crippen LogP contribution in [0.15, 0.2) is 17.5 Å². The van der Waals surface area contributed by atoms with E-state index in [1.807, 2.05) is 24.4 Å². The molecule has 5 heteroatoms. The Morgan fingerprint density at radius 2 is 2.22 bits per heavy atom. The van der Waals surface area contributed by atoms with E-state index in [1.54, 1.807) is 13.8 Å². The second kappa shape index (κ2) is 6.00. The minimum Gasteiger partial charge on any atom is -0.480 e. The molecule has 4 nitrogen and oxygen atoms in total. The van der Waals surface area contributed by atoms with Gasteiger partial charge in [0, 0.05) is 4.88 Å². The molecular weight excluding hydrogens is 250 g/mol. The van der Waals surface area contributed by atoms with E-state index in [2.05, 4.69) is 5.32 Å². The fourth-order valence-corrected chi connectivity index (χ4v) is 2.55. The average molecular weight is 269 g/mol. The third kappa shape index (κ3) is 3.32. The molecule has 2 N–H and O–H groups in total. The van der Waals surface area contributed by atoms with Crippen LogP contribution < -0.4 is 5.32 Å². The summed E-state index contributed by atoms with van der Waals surface area (Å²) in [4.78, 5) is 24.3. The molecule has 0 bridgehead atoms. The van der Waals surface area contributed by atoms with Crippen molar-refractivity contribution in [1.82, 2.24) is 5.32 Å². The second-order valence-corrected chi connectivity index (χ2v) is 5.59. The van der Waals surface area contributed by atoms with Gasteiger partial charge in [0.1, 0.15) is 5.54 Å². The number of carboxylic acids is 1. The Labute approximate surface area is 111 Å². The van der Waals surface area contributed by atoms with Crippen LogP contribution >= 0.6 is 11.3 Å². The Morgan fingerprint density at radius 3 is 2.67 bits per heavy atom. The number of carbonyl (C=O) groups is 2. The summed E-state index contributed by atoms with van der Waals surface area (Å²) in [5.41, 5.74) is -1.18. The molecule has 2 atom stereocenters. The van der Waals surface area contributed by atoms with Gasteiger partial charge in [-0.2, -0.15) is 0 Å². The minimum absolute atomic E-state index is 0.240. The first-order valence-electron chi connectivity index (χ1n) is 5.99. The molecule has 0 aliphatic carbocycles. The van der Waals surface area contributed by atoms with Crippen LogP contribution in [-0.2, 0) is 9.59 Å². The van der Waals surface area contributed by atoms with Crippen LogP contribution in [0.25, 0.3) is 0 Å². The van der Waals surface area contributed by atoms with Gasteiger partial charge in [-0.15, -0.1) is 11.3 Å². The topological polar surface area (TPSA) is 66.4 Å². The number of thiophene rings is 1. The predicted octanol–water partition coefficient (Wildman–Crippen LogP) is 2.61. The van der Waals surface area contributed by atoms with Crippen molar-refractivity contribution in [1.29, 1.82) is 0 Å². The van der Waals surface area contributed by atoms with Crippen LogP contribution in [0, 0.1) is 0 Å². The highest BCUT2D eigenvalue weighted by Crippen LogP contribution is 2.22. The molecule has 0 aliphatic heterocycles. The van der Waals surface area contributed by atoms with Crippen molar-refractivity contribution in [3.05, 3.63) is 22.4 Å². The number of nitrogens with one attached hydrogen (secondary N) is 1. The molecule has 0 aromatic carbocycles. The van der Waals surface area contributed by atoms with Gasteiger partial charge in [-0.3, -0.25) is 4.79 Å². The molecule has 0 radical (unpaired) electrons. The maximum absolute atomic E-state index is 12.1. The number of rotatable bonds is 6. The number of carbonyl (C=O) groups excluding carboxylic acids is 1. The van der Waals surface area contributed by atoms with Crippen LogP contribution in [0.5, 0.6) is 0 Å². The molecule has 0 saturated carbocycles. The number of hydrogen-bond donors (Lipinski definition) is 2.